The van der Waals surface area contributed by atoms with Crippen molar-refractivity contribution in [3.63, 3.8) is 0 Å². The maximum atomic E-state index is 12.3. The Kier molecular flexibility index (Phi) is 5.48. The fourth-order valence-electron chi connectivity index (χ4n) is 0.981. The number of hydrogen-bond donors (Lipinski definition) is 1. The van der Waals surface area contributed by atoms with E-state index in [1.54, 1.807) is 0 Å². The van der Waals surface area contributed by atoms with E-state index in [1.165, 1.54) is 0 Å². The van der Waals surface area contributed by atoms with Gasteiger partial charge in [-0.1, -0.05) is 13.8 Å². The molecule has 15 heavy (non-hydrogen) atoms. The molecule has 1 N–H and O–H groups in total. The molecule has 0 saturated heterocycles. The average molecular weight is 233 g/mol. The fraction of sp³-hybridized carbons (Fsp3) is 1.00. The third-order valence-corrected chi connectivity index (χ3v) is 1.90. The van der Waals surface area contributed by atoms with E-state index in [9.17, 15) is 22.0 Å². The predicted octanol–water partition coefficient (Wildman–Crippen LogP) is 3.21. The Morgan fingerprint density at radius 1 is 1.07 bits per heavy atom. The van der Waals surface area contributed by atoms with Crippen molar-refractivity contribution in [1.82, 2.24) is 5.32 Å². The summed E-state index contributed by atoms with van der Waals surface area (Å²) in [5.41, 5.74) is 0. The number of hydrogen-bond acceptors (Lipinski definition) is 1. The normalized spacial score (nSPS) is 13.6. The molecule has 0 spiro atoms. The summed E-state index contributed by atoms with van der Waals surface area (Å²) in [6, 6.07) is 0. The zero-order valence-corrected chi connectivity index (χ0v) is 8.80. The molecule has 6 heteroatoms. The van der Waals surface area contributed by atoms with Crippen molar-refractivity contribution >= 4 is 0 Å². The molecule has 92 valence electrons. The van der Waals surface area contributed by atoms with Crippen LogP contribution >= 0.6 is 0 Å². The van der Waals surface area contributed by atoms with Crippen molar-refractivity contribution in [2.75, 3.05) is 13.1 Å². The molecular formula is C9H16F5N. The van der Waals surface area contributed by atoms with Crippen LogP contribution in [0.1, 0.15) is 26.7 Å². The standard InChI is InChI=1S/C9H16F5N/c1-7(2)4-3-5-15-6-8(10,11)9(12,13)14/h7,15H,3-6H2,1-2H3. The molecule has 0 radical (unpaired) electrons. The Bertz CT molecular complexity index is 176. The summed E-state index contributed by atoms with van der Waals surface area (Å²) < 4.78 is 59.7. The Morgan fingerprint density at radius 2 is 1.60 bits per heavy atom. The number of nitrogens with one attached hydrogen (secondary N) is 1. The molecule has 0 aliphatic carbocycles. The third-order valence-electron chi connectivity index (χ3n) is 1.90. The highest BCUT2D eigenvalue weighted by atomic mass is 19.4. The second kappa shape index (κ2) is 5.63. The first-order valence-electron chi connectivity index (χ1n) is 4.82. The molecule has 0 aromatic carbocycles. The molecule has 0 saturated carbocycles. The van der Waals surface area contributed by atoms with Crippen molar-refractivity contribution < 1.29 is 22.0 Å². The van der Waals surface area contributed by atoms with Gasteiger partial charge < -0.3 is 5.32 Å². The van der Waals surface area contributed by atoms with Crippen LogP contribution in [0.25, 0.3) is 0 Å². The van der Waals surface area contributed by atoms with Crippen LogP contribution in [0.4, 0.5) is 22.0 Å². The van der Waals surface area contributed by atoms with Crippen molar-refractivity contribution in [2.45, 2.75) is 38.8 Å². The molecule has 0 aliphatic rings. The van der Waals surface area contributed by atoms with Gasteiger partial charge in [0, 0.05) is 0 Å². The van der Waals surface area contributed by atoms with E-state index < -0.39 is 18.6 Å². The summed E-state index contributed by atoms with van der Waals surface area (Å²) in [5, 5.41) is 2.12. The molecule has 1 nitrogen and oxygen atoms in total. The van der Waals surface area contributed by atoms with Crippen LogP contribution in [0.15, 0.2) is 0 Å². The van der Waals surface area contributed by atoms with E-state index in [2.05, 4.69) is 5.32 Å². The van der Waals surface area contributed by atoms with Gasteiger partial charge in [-0.05, 0) is 25.3 Å². The van der Waals surface area contributed by atoms with Crippen LogP contribution in [-0.2, 0) is 0 Å². The first-order chi connectivity index (χ1) is 6.67. The zero-order valence-electron chi connectivity index (χ0n) is 8.80. The van der Waals surface area contributed by atoms with Crippen LogP contribution in [0.3, 0.4) is 0 Å². The summed E-state index contributed by atoms with van der Waals surface area (Å²) in [7, 11) is 0. The lowest BCUT2D eigenvalue weighted by Gasteiger charge is -2.19. The topological polar surface area (TPSA) is 12.0 Å². The number of halogens is 5. The van der Waals surface area contributed by atoms with Crippen molar-refractivity contribution in [2.24, 2.45) is 5.92 Å². The third kappa shape index (κ3) is 5.92. The first kappa shape index (κ1) is 14.6. The molecule has 0 atom stereocenters. The van der Waals surface area contributed by atoms with E-state index in [4.69, 9.17) is 0 Å². The maximum Gasteiger partial charge on any atom is 0.454 e. The molecule has 0 amide bonds. The summed E-state index contributed by atoms with van der Waals surface area (Å²) in [6.07, 6.45) is -4.05. The lowest BCUT2D eigenvalue weighted by atomic mass is 10.1. The highest BCUT2D eigenvalue weighted by molar-refractivity contribution is 4.78. The molecule has 0 unspecified atom stereocenters. The molecule has 0 fully saturated rings. The molecular weight excluding hydrogens is 217 g/mol. The summed E-state index contributed by atoms with van der Waals surface area (Å²) >= 11 is 0. The molecule has 0 rings (SSSR count). The number of alkyl halides is 5. The smallest absolute Gasteiger partial charge is 0.311 e. The van der Waals surface area contributed by atoms with Gasteiger partial charge in [0.25, 0.3) is 0 Å². The van der Waals surface area contributed by atoms with Crippen LogP contribution in [0.5, 0.6) is 0 Å². The summed E-state index contributed by atoms with van der Waals surface area (Å²) in [6.45, 7) is 2.77. The van der Waals surface area contributed by atoms with E-state index in [0.29, 0.717) is 12.3 Å². The Morgan fingerprint density at radius 3 is 2.00 bits per heavy atom. The van der Waals surface area contributed by atoms with Gasteiger partial charge in [-0.3, -0.25) is 0 Å². The summed E-state index contributed by atoms with van der Waals surface area (Å²) in [5.74, 6) is -4.21. The zero-order chi connectivity index (χ0) is 12.1. The first-order valence-corrected chi connectivity index (χ1v) is 4.82. The maximum absolute atomic E-state index is 12.3. The Hall–Kier alpha value is -0.390. The minimum absolute atomic E-state index is 0.184. The quantitative estimate of drug-likeness (QED) is 0.548. The molecule has 0 aliphatic heterocycles. The van der Waals surface area contributed by atoms with E-state index >= 15 is 0 Å². The van der Waals surface area contributed by atoms with Crippen LogP contribution in [-0.4, -0.2) is 25.2 Å². The van der Waals surface area contributed by atoms with Gasteiger partial charge in [0.1, 0.15) is 0 Å². The van der Waals surface area contributed by atoms with Crippen molar-refractivity contribution in [3.05, 3.63) is 0 Å². The molecule has 0 aromatic heterocycles. The lowest BCUT2D eigenvalue weighted by Crippen LogP contribution is -2.45. The van der Waals surface area contributed by atoms with E-state index in [0.717, 1.165) is 6.42 Å². The monoisotopic (exact) mass is 233 g/mol. The largest absolute Gasteiger partial charge is 0.454 e. The van der Waals surface area contributed by atoms with E-state index in [-0.39, 0.29) is 6.54 Å². The molecule has 0 aromatic rings. The second-order valence-corrected chi connectivity index (χ2v) is 3.92. The van der Waals surface area contributed by atoms with Gasteiger partial charge in [-0.15, -0.1) is 0 Å². The van der Waals surface area contributed by atoms with Crippen LogP contribution in [0, 0.1) is 5.92 Å². The van der Waals surface area contributed by atoms with Gasteiger partial charge in [-0.25, -0.2) is 0 Å². The van der Waals surface area contributed by atoms with Crippen LogP contribution in [0.2, 0.25) is 0 Å². The van der Waals surface area contributed by atoms with Crippen molar-refractivity contribution in [3.8, 4) is 0 Å². The van der Waals surface area contributed by atoms with E-state index in [1.807, 2.05) is 13.8 Å². The Balaban J connectivity index is 3.68. The molecule has 0 heterocycles. The Labute approximate surface area is 86.0 Å². The van der Waals surface area contributed by atoms with Gasteiger partial charge in [0.2, 0.25) is 0 Å². The molecule has 0 bridgehead atoms. The van der Waals surface area contributed by atoms with Gasteiger partial charge in [-0.2, -0.15) is 22.0 Å². The minimum Gasteiger partial charge on any atom is -0.311 e. The SMILES string of the molecule is CC(C)CCCNCC(F)(F)C(F)(F)F. The predicted molar refractivity (Wildman–Crippen MR) is 47.9 cm³/mol. The van der Waals surface area contributed by atoms with Crippen LogP contribution < -0.4 is 5.32 Å². The fourth-order valence-corrected chi connectivity index (χ4v) is 0.981. The minimum atomic E-state index is -5.46. The lowest BCUT2D eigenvalue weighted by molar-refractivity contribution is -0.279. The van der Waals surface area contributed by atoms with Gasteiger partial charge in [0.15, 0.2) is 0 Å². The highest BCUT2D eigenvalue weighted by Crippen LogP contribution is 2.34. The number of rotatable bonds is 6. The summed E-state index contributed by atoms with van der Waals surface area (Å²) in [4.78, 5) is 0. The van der Waals surface area contributed by atoms with Crippen molar-refractivity contribution in [1.29, 1.82) is 0 Å². The van der Waals surface area contributed by atoms with Gasteiger partial charge >= 0.3 is 12.1 Å². The average Bonchev–Trinajstić information content (AvgIpc) is 2.00. The highest BCUT2D eigenvalue weighted by Gasteiger charge is 2.56. The second-order valence-electron chi connectivity index (χ2n) is 3.92. The van der Waals surface area contributed by atoms with Gasteiger partial charge in [0.05, 0.1) is 6.54 Å².